The molecule has 0 saturated heterocycles. The van der Waals surface area contributed by atoms with Crippen molar-refractivity contribution >= 4 is 0 Å². The molecular formula is C13H22N2O2. The van der Waals surface area contributed by atoms with Gasteiger partial charge in [-0.25, -0.2) is 0 Å². The summed E-state index contributed by atoms with van der Waals surface area (Å²) in [7, 11) is 0. The lowest BCUT2D eigenvalue weighted by Crippen LogP contribution is -2.45. The molecule has 1 aromatic heterocycles. The summed E-state index contributed by atoms with van der Waals surface area (Å²) in [4.78, 5) is 0. The van der Waals surface area contributed by atoms with E-state index in [1.807, 2.05) is 17.8 Å². The summed E-state index contributed by atoms with van der Waals surface area (Å²) in [6.45, 7) is 2.86. The van der Waals surface area contributed by atoms with Gasteiger partial charge in [0.15, 0.2) is 0 Å². The fraction of sp³-hybridized carbons (Fsp3) is 0.769. The SMILES string of the molecule is CCn1cc(CC(O)C2(O)CCCCC2)cn1. The molecule has 0 spiro atoms. The number of hydrogen-bond acceptors (Lipinski definition) is 3. The van der Waals surface area contributed by atoms with Gasteiger partial charge in [0, 0.05) is 19.2 Å². The Morgan fingerprint density at radius 2 is 2.12 bits per heavy atom. The summed E-state index contributed by atoms with van der Waals surface area (Å²) in [5.74, 6) is 0. The van der Waals surface area contributed by atoms with E-state index in [9.17, 15) is 10.2 Å². The normalized spacial score (nSPS) is 21.4. The van der Waals surface area contributed by atoms with Crippen LogP contribution in [0.4, 0.5) is 0 Å². The largest absolute Gasteiger partial charge is 0.390 e. The van der Waals surface area contributed by atoms with Crippen molar-refractivity contribution in [3.63, 3.8) is 0 Å². The fourth-order valence-corrected chi connectivity index (χ4v) is 2.60. The molecule has 0 radical (unpaired) electrons. The van der Waals surface area contributed by atoms with E-state index < -0.39 is 11.7 Å². The first-order valence-corrected chi connectivity index (χ1v) is 6.56. The van der Waals surface area contributed by atoms with Crippen molar-refractivity contribution in [3.8, 4) is 0 Å². The molecule has 1 unspecified atom stereocenters. The highest BCUT2D eigenvalue weighted by atomic mass is 16.3. The van der Waals surface area contributed by atoms with Crippen LogP contribution in [0.15, 0.2) is 12.4 Å². The van der Waals surface area contributed by atoms with Gasteiger partial charge in [0.1, 0.15) is 0 Å². The molecule has 0 amide bonds. The van der Waals surface area contributed by atoms with Crippen molar-refractivity contribution < 1.29 is 10.2 Å². The molecule has 1 saturated carbocycles. The summed E-state index contributed by atoms with van der Waals surface area (Å²) >= 11 is 0. The zero-order valence-corrected chi connectivity index (χ0v) is 10.5. The third kappa shape index (κ3) is 2.87. The number of aliphatic hydroxyl groups is 2. The molecule has 1 atom stereocenters. The summed E-state index contributed by atoms with van der Waals surface area (Å²) in [5.41, 5.74) is 0.116. The maximum Gasteiger partial charge on any atom is 0.0908 e. The van der Waals surface area contributed by atoms with Crippen LogP contribution in [0.5, 0.6) is 0 Å². The van der Waals surface area contributed by atoms with Gasteiger partial charge in [-0.05, 0) is 25.3 Å². The number of aryl methyl sites for hydroxylation is 1. The number of aromatic nitrogens is 2. The molecule has 0 aromatic carbocycles. The van der Waals surface area contributed by atoms with Crippen molar-refractivity contribution in [3.05, 3.63) is 18.0 Å². The second-order valence-corrected chi connectivity index (χ2v) is 5.09. The third-order valence-corrected chi connectivity index (χ3v) is 3.78. The number of hydrogen-bond donors (Lipinski definition) is 2. The average Bonchev–Trinajstić information content (AvgIpc) is 2.78. The van der Waals surface area contributed by atoms with Gasteiger partial charge in [0.2, 0.25) is 0 Å². The lowest BCUT2D eigenvalue weighted by Gasteiger charge is -2.36. The molecule has 17 heavy (non-hydrogen) atoms. The standard InChI is InChI=1S/C13H22N2O2/c1-2-15-10-11(9-14-15)8-12(16)13(17)6-4-3-5-7-13/h9-10,12,16-17H,2-8H2,1H3. The molecule has 96 valence electrons. The number of nitrogens with zero attached hydrogens (tertiary/aromatic N) is 2. The van der Waals surface area contributed by atoms with Crippen molar-refractivity contribution in [2.45, 2.75) is 63.7 Å². The minimum absolute atomic E-state index is 0.497. The van der Waals surface area contributed by atoms with Crippen LogP contribution in [0.1, 0.15) is 44.6 Å². The minimum atomic E-state index is -0.882. The molecule has 1 aliphatic carbocycles. The third-order valence-electron chi connectivity index (χ3n) is 3.78. The van der Waals surface area contributed by atoms with Crippen LogP contribution in [0.3, 0.4) is 0 Å². The molecule has 1 heterocycles. The topological polar surface area (TPSA) is 58.3 Å². The molecule has 2 rings (SSSR count). The molecule has 4 heteroatoms. The molecule has 2 N–H and O–H groups in total. The van der Waals surface area contributed by atoms with E-state index in [-0.39, 0.29) is 0 Å². The van der Waals surface area contributed by atoms with Crippen molar-refractivity contribution in [2.75, 3.05) is 0 Å². The van der Waals surface area contributed by atoms with Gasteiger partial charge >= 0.3 is 0 Å². The Balaban J connectivity index is 1.97. The van der Waals surface area contributed by atoms with Gasteiger partial charge < -0.3 is 10.2 Å². The second-order valence-electron chi connectivity index (χ2n) is 5.09. The van der Waals surface area contributed by atoms with Crippen molar-refractivity contribution in [1.29, 1.82) is 0 Å². The van der Waals surface area contributed by atoms with Crippen LogP contribution >= 0.6 is 0 Å². The van der Waals surface area contributed by atoms with Gasteiger partial charge in [-0.15, -0.1) is 0 Å². The smallest absolute Gasteiger partial charge is 0.0908 e. The molecule has 0 bridgehead atoms. The van der Waals surface area contributed by atoms with E-state index >= 15 is 0 Å². The molecule has 1 aromatic rings. The Morgan fingerprint density at radius 3 is 2.71 bits per heavy atom. The predicted octanol–water partition coefficient (Wildman–Crippen LogP) is 1.50. The molecule has 1 aliphatic rings. The van der Waals surface area contributed by atoms with Crippen molar-refractivity contribution in [1.82, 2.24) is 9.78 Å². The highest BCUT2D eigenvalue weighted by molar-refractivity contribution is 5.08. The van der Waals surface area contributed by atoms with Crippen LogP contribution in [0.2, 0.25) is 0 Å². The number of aliphatic hydroxyl groups excluding tert-OH is 1. The van der Waals surface area contributed by atoms with E-state index in [2.05, 4.69) is 5.10 Å². The van der Waals surface area contributed by atoms with E-state index in [0.717, 1.165) is 37.8 Å². The molecule has 0 aliphatic heterocycles. The van der Waals surface area contributed by atoms with Crippen LogP contribution in [-0.4, -0.2) is 31.7 Å². The van der Waals surface area contributed by atoms with Crippen LogP contribution in [0.25, 0.3) is 0 Å². The van der Waals surface area contributed by atoms with Crippen LogP contribution in [-0.2, 0) is 13.0 Å². The summed E-state index contributed by atoms with van der Waals surface area (Å²) in [6, 6.07) is 0. The summed E-state index contributed by atoms with van der Waals surface area (Å²) in [6.07, 6.45) is 8.18. The maximum atomic E-state index is 10.4. The zero-order chi connectivity index (χ0) is 12.3. The first-order valence-electron chi connectivity index (χ1n) is 6.56. The minimum Gasteiger partial charge on any atom is -0.390 e. The van der Waals surface area contributed by atoms with E-state index in [1.54, 1.807) is 6.20 Å². The van der Waals surface area contributed by atoms with E-state index in [0.29, 0.717) is 6.42 Å². The Hall–Kier alpha value is -0.870. The molecular weight excluding hydrogens is 216 g/mol. The Labute approximate surface area is 102 Å². The molecule has 4 nitrogen and oxygen atoms in total. The fourth-order valence-electron chi connectivity index (χ4n) is 2.60. The number of rotatable bonds is 4. The first-order chi connectivity index (χ1) is 8.14. The van der Waals surface area contributed by atoms with Gasteiger partial charge in [0.05, 0.1) is 17.9 Å². The Bertz CT molecular complexity index is 356. The van der Waals surface area contributed by atoms with Crippen LogP contribution in [0, 0.1) is 0 Å². The Morgan fingerprint density at radius 1 is 1.41 bits per heavy atom. The highest BCUT2D eigenvalue weighted by Crippen LogP contribution is 2.32. The lowest BCUT2D eigenvalue weighted by molar-refractivity contribution is -0.0960. The van der Waals surface area contributed by atoms with Gasteiger partial charge in [0.25, 0.3) is 0 Å². The maximum absolute atomic E-state index is 10.4. The highest BCUT2D eigenvalue weighted by Gasteiger charge is 2.36. The average molecular weight is 238 g/mol. The second kappa shape index (κ2) is 5.19. The predicted molar refractivity (Wildman–Crippen MR) is 65.6 cm³/mol. The Kier molecular flexibility index (Phi) is 3.84. The molecule has 1 fully saturated rings. The van der Waals surface area contributed by atoms with Gasteiger partial charge in [-0.3, -0.25) is 4.68 Å². The quantitative estimate of drug-likeness (QED) is 0.835. The van der Waals surface area contributed by atoms with E-state index in [4.69, 9.17) is 0 Å². The van der Waals surface area contributed by atoms with Gasteiger partial charge in [-0.1, -0.05) is 19.3 Å². The first kappa shape index (κ1) is 12.6. The summed E-state index contributed by atoms with van der Waals surface area (Å²) in [5, 5.41) is 24.7. The zero-order valence-electron chi connectivity index (χ0n) is 10.5. The van der Waals surface area contributed by atoms with Gasteiger partial charge in [-0.2, -0.15) is 5.10 Å². The van der Waals surface area contributed by atoms with Crippen LogP contribution < -0.4 is 0 Å². The summed E-state index contributed by atoms with van der Waals surface area (Å²) < 4.78 is 1.84. The van der Waals surface area contributed by atoms with Crippen molar-refractivity contribution in [2.24, 2.45) is 0 Å². The lowest BCUT2D eigenvalue weighted by atomic mass is 9.79. The van der Waals surface area contributed by atoms with E-state index in [1.165, 1.54) is 6.42 Å². The monoisotopic (exact) mass is 238 g/mol.